The van der Waals surface area contributed by atoms with E-state index in [2.05, 4.69) is 11.3 Å². The highest BCUT2D eigenvalue weighted by Crippen LogP contribution is 2.65. The number of carbonyl (C=O) groups is 1. The van der Waals surface area contributed by atoms with Gasteiger partial charge >= 0.3 is 53.6 Å². The molecule has 0 unspecified atom stereocenters. The van der Waals surface area contributed by atoms with Gasteiger partial charge in [-0.3, -0.25) is 0 Å². The molecule has 0 saturated heterocycles. The summed E-state index contributed by atoms with van der Waals surface area (Å²) in [6.45, 7) is 1.98. The lowest BCUT2D eigenvalue weighted by atomic mass is 9.87. The third-order valence-corrected chi connectivity index (χ3v) is 4.70. The minimum atomic E-state index is -8.69. The van der Waals surface area contributed by atoms with E-state index in [1.54, 1.807) is 0 Å². The summed E-state index contributed by atoms with van der Waals surface area (Å²) in [6, 6.07) is 0.130. The molecule has 0 amide bonds. The van der Waals surface area contributed by atoms with Crippen LogP contribution in [0.25, 0.3) is 0 Å². The van der Waals surface area contributed by atoms with Crippen LogP contribution in [0.2, 0.25) is 0 Å². The van der Waals surface area contributed by atoms with Crippen LogP contribution in [0.5, 0.6) is 5.75 Å². The predicted molar refractivity (Wildman–Crippen MR) is 92.7 cm³/mol. The summed E-state index contributed by atoms with van der Waals surface area (Å²) < 4.78 is 236. The zero-order chi connectivity index (χ0) is 31.1. The average Bonchev–Trinajstić information content (AvgIpc) is 2.80. The van der Waals surface area contributed by atoms with Gasteiger partial charge in [0, 0.05) is 11.6 Å². The molecule has 224 valence electrons. The van der Waals surface area contributed by atoms with Crippen LogP contribution >= 0.6 is 0 Å². The summed E-state index contributed by atoms with van der Waals surface area (Å²) in [5.74, 6) is -58.5. The van der Waals surface area contributed by atoms with Gasteiger partial charge in [-0.1, -0.05) is 6.58 Å². The van der Waals surface area contributed by atoms with Crippen molar-refractivity contribution in [3.8, 4) is 5.75 Å². The number of ether oxygens (including phenoxy) is 2. The Bertz CT molecular complexity index is 1030. The normalized spacial score (nSPS) is 14.7. The van der Waals surface area contributed by atoms with Crippen LogP contribution < -0.4 is 4.74 Å². The van der Waals surface area contributed by atoms with Crippen molar-refractivity contribution < 1.29 is 88.9 Å². The van der Waals surface area contributed by atoms with Gasteiger partial charge in [-0.15, -0.1) is 0 Å². The quantitative estimate of drug-likeness (QED) is 0.108. The molecule has 0 atom stereocenters. The first kappa shape index (κ1) is 34.1. The third kappa shape index (κ3) is 5.29. The van der Waals surface area contributed by atoms with E-state index in [-0.39, 0.29) is 24.3 Å². The summed E-state index contributed by atoms with van der Waals surface area (Å²) in [7, 11) is 0. The summed E-state index contributed by atoms with van der Waals surface area (Å²) in [6.07, 6.45) is -7.09. The Kier molecular flexibility index (Phi) is 8.92. The zero-order valence-electron chi connectivity index (χ0n) is 18.2. The maximum absolute atomic E-state index is 14.2. The van der Waals surface area contributed by atoms with Gasteiger partial charge in [-0.05, 0) is 24.3 Å². The van der Waals surface area contributed by atoms with Crippen molar-refractivity contribution >= 4 is 5.97 Å². The van der Waals surface area contributed by atoms with Gasteiger partial charge in [-0.2, -0.15) is 74.6 Å². The van der Waals surface area contributed by atoms with Gasteiger partial charge < -0.3 is 9.47 Å². The molecule has 0 aliphatic rings. The van der Waals surface area contributed by atoms with E-state index in [1.807, 2.05) is 0 Å². The molecule has 0 fully saturated rings. The van der Waals surface area contributed by atoms with E-state index in [4.69, 9.17) is 4.74 Å². The minimum Gasteiger partial charge on any atom is -0.490 e. The second-order valence-corrected chi connectivity index (χ2v) is 7.26. The molecule has 0 aliphatic carbocycles. The topological polar surface area (TPSA) is 35.5 Å². The number of benzene rings is 1. The van der Waals surface area contributed by atoms with E-state index in [0.29, 0.717) is 0 Å². The molecule has 3 nitrogen and oxygen atoms in total. The molecule has 0 heterocycles. The molecule has 20 heteroatoms. The molecule has 1 aromatic carbocycles. The lowest BCUT2D eigenvalue weighted by Gasteiger charge is -2.42. The Morgan fingerprint density at radius 1 is 0.615 bits per heavy atom. The van der Waals surface area contributed by atoms with Crippen LogP contribution in [-0.4, -0.2) is 60.9 Å². The number of esters is 1. The molecular weight excluding hydrogens is 599 g/mol. The summed E-state index contributed by atoms with van der Waals surface area (Å²) in [5, 5.41) is 0. The number of rotatable bonds is 12. The molecule has 1 aromatic rings. The number of hydrogen-bond donors (Lipinski definition) is 0. The largest absolute Gasteiger partial charge is 0.490 e. The first-order valence-electron chi connectivity index (χ1n) is 9.42. The Balaban J connectivity index is 3.40. The highest BCUT2D eigenvalue weighted by molar-refractivity contribution is 5.81. The second kappa shape index (κ2) is 10.2. The van der Waals surface area contributed by atoms with Crippen molar-refractivity contribution in [2.24, 2.45) is 0 Å². The molecule has 0 aromatic heterocycles. The van der Waals surface area contributed by atoms with Gasteiger partial charge in [0.25, 0.3) is 0 Å². The van der Waals surface area contributed by atoms with Crippen LogP contribution in [0.1, 0.15) is 5.56 Å². The fourth-order valence-corrected chi connectivity index (χ4v) is 2.47. The predicted octanol–water partition coefficient (Wildman–Crippen LogP) is 7.26. The van der Waals surface area contributed by atoms with Crippen molar-refractivity contribution in [1.82, 2.24) is 0 Å². The van der Waals surface area contributed by atoms with Crippen molar-refractivity contribution in [3.05, 3.63) is 42.5 Å². The smallest absolute Gasteiger partial charge is 0.460 e. The van der Waals surface area contributed by atoms with Crippen LogP contribution in [-0.2, 0) is 15.5 Å². The highest BCUT2D eigenvalue weighted by Gasteiger charge is 2.95. The lowest BCUT2D eigenvalue weighted by molar-refractivity contribution is -0.462. The third-order valence-electron chi connectivity index (χ3n) is 4.70. The fraction of sp³-hybridized carbons (Fsp3) is 0.526. The monoisotopic (exact) mass is 610 g/mol. The van der Waals surface area contributed by atoms with Crippen molar-refractivity contribution in [2.75, 3.05) is 13.2 Å². The lowest BCUT2D eigenvalue weighted by Crippen LogP contribution is -2.74. The van der Waals surface area contributed by atoms with Gasteiger partial charge in [0.15, 0.2) is 0 Å². The Morgan fingerprint density at radius 2 is 1.00 bits per heavy atom. The minimum absolute atomic E-state index is 0.224. The molecule has 0 aliphatic heterocycles. The molecule has 0 saturated carbocycles. The Labute approximate surface area is 205 Å². The average molecular weight is 610 g/mol. The first-order chi connectivity index (χ1) is 17.2. The van der Waals surface area contributed by atoms with E-state index >= 15 is 0 Å². The molecule has 0 bridgehead atoms. The zero-order valence-corrected chi connectivity index (χ0v) is 18.2. The summed E-state index contributed by atoms with van der Waals surface area (Å²) >= 11 is 0. The summed E-state index contributed by atoms with van der Waals surface area (Å²) in [4.78, 5) is 10.8. The number of carbonyl (C=O) groups excluding carboxylic acids is 1. The van der Waals surface area contributed by atoms with Crippen LogP contribution in [0.4, 0.5) is 74.6 Å². The first-order valence-corrected chi connectivity index (χ1v) is 9.42. The Morgan fingerprint density at radius 3 is 1.38 bits per heavy atom. The van der Waals surface area contributed by atoms with Gasteiger partial charge in [0.2, 0.25) is 0 Å². The van der Waals surface area contributed by atoms with Gasteiger partial charge in [0.1, 0.15) is 19.0 Å². The SMILES string of the molecule is C=CC(=O)OCCOc1ccc(C(F)(F)C(F)(F)C(F)(F)C(F)(F)C(F)(F)C(F)(F)C(F)(F)C(F)(F)F)cc1. The summed E-state index contributed by atoms with van der Waals surface area (Å²) in [5.41, 5.74) is -2.37. The highest BCUT2D eigenvalue weighted by atomic mass is 19.4. The maximum Gasteiger partial charge on any atom is 0.460 e. The number of hydrogen-bond acceptors (Lipinski definition) is 3. The number of halogens is 17. The molecule has 0 N–H and O–H groups in total. The van der Waals surface area contributed by atoms with E-state index in [1.165, 1.54) is 0 Å². The molecule has 0 radical (unpaired) electrons. The second-order valence-electron chi connectivity index (χ2n) is 7.26. The number of alkyl halides is 17. The molecule has 39 heavy (non-hydrogen) atoms. The van der Waals surface area contributed by atoms with Gasteiger partial charge in [0.05, 0.1) is 0 Å². The molecule has 1 rings (SSSR count). The molecule has 0 spiro atoms. The standard InChI is InChI=1S/C19H11F17O3/c1-2-11(37)39-8-7-38-10-5-3-9(4-6-10)12(20,21)13(22,23)14(24,25)15(26,27)16(28,29)17(30,31)18(32,33)19(34,35)36/h2-6H,1,7-8H2. The van der Waals surface area contributed by atoms with E-state index in [0.717, 1.165) is 6.08 Å². The van der Waals surface area contributed by atoms with Crippen LogP contribution in [0.3, 0.4) is 0 Å². The maximum atomic E-state index is 14.2. The van der Waals surface area contributed by atoms with Gasteiger partial charge in [-0.25, -0.2) is 4.79 Å². The van der Waals surface area contributed by atoms with E-state index in [9.17, 15) is 79.4 Å². The fourth-order valence-electron chi connectivity index (χ4n) is 2.47. The van der Waals surface area contributed by atoms with Crippen molar-refractivity contribution in [3.63, 3.8) is 0 Å². The van der Waals surface area contributed by atoms with Crippen LogP contribution in [0, 0.1) is 0 Å². The molecular formula is C19H11F17O3. The Hall–Kier alpha value is -2.96. The van der Waals surface area contributed by atoms with Crippen molar-refractivity contribution in [2.45, 2.75) is 47.6 Å². The van der Waals surface area contributed by atoms with Crippen LogP contribution in [0.15, 0.2) is 36.9 Å². The van der Waals surface area contributed by atoms with Crippen molar-refractivity contribution in [1.29, 1.82) is 0 Å². The van der Waals surface area contributed by atoms with E-state index < -0.39 is 78.1 Å².